The first kappa shape index (κ1) is 21.9. The number of amides is 1. The van der Waals surface area contributed by atoms with E-state index in [0.717, 1.165) is 30.5 Å². The maximum absolute atomic E-state index is 12.7. The molecule has 6 nitrogen and oxygen atoms in total. The minimum absolute atomic E-state index is 0.0591. The van der Waals surface area contributed by atoms with Gasteiger partial charge in [0.05, 0.1) is 11.5 Å². The monoisotopic (exact) mass is 445 g/mol. The van der Waals surface area contributed by atoms with E-state index in [2.05, 4.69) is 10.2 Å². The molecular formula is C23H22F3N3O3. The van der Waals surface area contributed by atoms with Crippen molar-refractivity contribution >= 4 is 5.91 Å². The third-order valence-corrected chi connectivity index (χ3v) is 5.41. The van der Waals surface area contributed by atoms with Crippen LogP contribution in [0.15, 0.2) is 52.9 Å². The van der Waals surface area contributed by atoms with E-state index in [0.29, 0.717) is 30.3 Å². The summed E-state index contributed by atoms with van der Waals surface area (Å²) >= 11 is 0. The fourth-order valence-electron chi connectivity index (χ4n) is 3.59. The van der Waals surface area contributed by atoms with Crippen LogP contribution in [-0.4, -0.2) is 40.7 Å². The zero-order valence-corrected chi connectivity index (χ0v) is 17.4. The van der Waals surface area contributed by atoms with E-state index in [9.17, 15) is 18.0 Å². The normalized spacial score (nSPS) is 16.8. The Bertz CT molecular complexity index is 1060. The van der Waals surface area contributed by atoms with Gasteiger partial charge in [-0.2, -0.15) is 13.2 Å². The van der Waals surface area contributed by atoms with Crippen LogP contribution in [0.4, 0.5) is 13.2 Å². The third kappa shape index (κ3) is 5.09. The minimum Gasteiger partial charge on any atom is -0.484 e. The standard InChI is InChI=1S/C23H22F3N3O3/c1-15-4-10-19(11-5-15)31-14-20(30)29-12-2-3-17(13-29)22-28-27-21(32-22)16-6-8-18(9-7-16)23(24,25)26/h4-11,17H,2-3,12-14H2,1H3. The largest absolute Gasteiger partial charge is 0.484 e. The molecule has 0 saturated carbocycles. The van der Waals surface area contributed by atoms with Crippen molar-refractivity contribution in [2.75, 3.05) is 19.7 Å². The molecule has 0 radical (unpaired) electrons. The number of carbonyl (C=O) groups excluding carboxylic acids is 1. The van der Waals surface area contributed by atoms with Crippen LogP contribution in [0, 0.1) is 6.92 Å². The zero-order chi connectivity index (χ0) is 22.7. The average Bonchev–Trinajstić information content (AvgIpc) is 3.28. The molecule has 1 unspecified atom stereocenters. The molecule has 1 fully saturated rings. The van der Waals surface area contributed by atoms with Gasteiger partial charge < -0.3 is 14.1 Å². The van der Waals surface area contributed by atoms with E-state index in [1.54, 1.807) is 4.90 Å². The second-order valence-electron chi connectivity index (χ2n) is 7.80. The summed E-state index contributed by atoms with van der Waals surface area (Å²) in [4.78, 5) is 14.3. The van der Waals surface area contributed by atoms with Crippen LogP contribution in [0.25, 0.3) is 11.5 Å². The first-order valence-electron chi connectivity index (χ1n) is 10.3. The van der Waals surface area contributed by atoms with Crippen molar-refractivity contribution in [3.63, 3.8) is 0 Å². The van der Waals surface area contributed by atoms with Crippen molar-refractivity contribution in [1.29, 1.82) is 0 Å². The van der Waals surface area contributed by atoms with Crippen LogP contribution in [0.5, 0.6) is 5.75 Å². The predicted molar refractivity (Wildman–Crippen MR) is 110 cm³/mol. The molecule has 2 heterocycles. The summed E-state index contributed by atoms with van der Waals surface area (Å²) in [5.41, 5.74) is 0.778. The topological polar surface area (TPSA) is 68.5 Å². The SMILES string of the molecule is Cc1ccc(OCC(=O)N2CCCC(c3nnc(-c4ccc(C(F)(F)F)cc4)o3)C2)cc1. The van der Waals surface area contributed by atoms with Crippen LogP contribution >= 0.6 is 0 Å². The van der Waals surface area contributed by atoms with Gasteiger partial charge in [-0.25, -0.2) is 0 Å². The number of alkyl halides is 3. The van der Waals surface area contributed by atoms with Crippen molar-refractivity contribution in [3.05, 3.63) is 65.5 Å². The number of hydrogen-bond donors (Lipinski definition) is 0. The highest BCUT2D eigenvalue weighted by Crippen LogP contribution is 2.32. The Labute approximate surface area is 183 Å². The van der Waals surface area contributed by atoms with Gasteiger partial charge in [0, 0.05) is 18.7 Å². The van der Waals surface area contributed by atoms with Gasteiger partial charge in [0.15, 0.2) is 6.61 Å². The van der Waals surface area contributed by atoms with Crippen molar-refractivity contribution in [2.24, 2.45) is 0 Å². The lowest BCUT2D eigenvalue weighted by Gasteiger charge is -2.31. The Balaban J connectivity index is 1.37. The van der Waals surface area contributed by atoms with Crippen LogP contribution in [0.1, 0.15) is 35.8 Å². The molecule has 0 aliphatic carbocycles. The molecule has 0 bridgehead atoms. The first-order chi connectivity index (χ1) is 15.3. The van der Waals surface area contributed by atoms with Gasteiger partial charge in [0.25, 0.3) is 5.91 Å². The van der Waals surface area contributed by atoms with Gasteiger partial charge in [-0.15, -0.1) is 10.2 Å². The number of nitrogens with zero attached hydrogens (tertiary/aromatic N) is 3. The quantitative estimate of drug-likeness (QED) is 0.562. The van der Waals surface area contributed by atoms with Gasteiger partial charge in [-0.1, -0.05) is 17.7 Å². The number of aromatic nitrogens is 2. The van der Waals surface area contributed by atoms with E-state index < -0.39 is 11.7 Å². The van der Waals surface area contributed by atoms with Crippen LogP contribution < -0.4 is 4.74 Å². The number of ether oxygens (including phenoxy) is 1. The minimum atomic E-state index is -4.40. The maximum Gasteiger partial charge on any atom is 0.416 e. The summed E-state index contributed by atoms with van der Waals surface area (Å²) in [5.74, 6) is 0.896. The lowest BCUT2D eigenvalue weighted by Crippen LogP contribution is -2.41. The Kier molecular flexibility index (Phi) is 6.16. The molecule has 9 heteroatoms. The highest BCUT2D eigenvalue weighted by molar-refractivity contribution is 5.78. The number of benzene rings is 2. The molecular weight excluding hydrogens is 423 g/mol. The van der Waals surface area contributed by atoms with Gasteiger partial charge >= 0.3 is 6.18 Å². The molecule has 32 heavy (non-hydrogen) atoms. The highest BCUT2D eigenvalue weighted by atomic mass is 19.4. The molecule has 1 atom stereocenters. The molecule has 0 N–H and O–H groups in total. The Hall–Kier alpha value is -3.36. The number of aryl methyl sites for hydroxylation is 1. The van der Waals surface area contributed by atoms with Crippen molar-refractivity contribution in [1.82, 2.24) is 15.1 Å². The van der Waals surface area contributed by atoms with Crippen LogP contribution in [-0.2, 0) is 11.0 Å². The number of likely N-dealkylation sites (tertiary alicyclic amines) is 1. The smallest absolute Gasteiger partial charge is 0.416 e. The molecule has 4 rings (SSSR count). The molecule has 1 aliphatic rings. The summed E-state index contributed by atoms with van der Waals surface area (Å²) < 4.78 is 49.6. The Morgan fingerprint density at radius 2 is 1.84 bits per heavy atom. The van der Waals surface area contributed by atoms with Gasteiger partial charge in [0.1, 0.15) is 5.75 Å². The van der Waals surface area contributed by atoms with E-state index in [4.69, 9.17) is 9.15 Å². The lowest BCUT2D eigenvalue weighted by atomic mass is 9.98. The van der Waals surface area contributed by atoms with Crippen molar-refractivity contribution in [2.45, 2.75) is 31.9 Å². The van der Waals surface area contributed by atoms with E-state index in [-0.39, 0.29) is 24.3 Å². The van der Waals surface area contributed by atoms with Gasteiger partial charge in [-0.3, -0.25) is 4.79 Å². The van der Waals surface area contributed by atoms with Gasteiger partial charge in [-0.05, 0) is 56.2 Å². The van der Waals surface area contributed by atoms with Crippen molar-refractivity contribution < 1.29 is 27.1 Å². The fraction of sp³-hybridized carbons (Fsp3) is 0.348. The Morgan fingerprint density at radius 1 is 1.12 bits per heavy atom. The summed E-state index contributed by atoms with van der Waals surface area (Å²) in [5, 5.41) is 8.06. The zero-order valence-electron chi connectivity index (χ0n) is 17.4. The molecule has 3 aromatic rings. The molecule has 1 saturated heterocycles. The molecule has 168 valence electrons. The van der Waals surface area contributed by atoms with E-state index in [1.807, 2.05) is 31.2 Å². The Morgan fingerprint density at radius 3 is 2.53 bits per heavy atom. The van der Waals surface area contributed by atoms with E-state index >= 15 is 0 Å². The number of carbonyl (C=O) groups is 1. The second kappa shape index (κ2) is 9.02. The summed E-state index contributed by atoms with van der Waals surface area (Å²) in [6.07, 6.45) is -2.85. The third-order valence-electron chi connectivity index (χ3n) is 5.41. The van der Waals surface area contributed by atoms with Crippen molar-refractivity contribution in [3.8, 4) is 17.2 Å². The van der Waals surface area contributed by atoms with E-state index in [1.165, 1.54) is 12.1 Å². The number of piperidine rings is 1. The van der Waals surface area contributed by atoms with Gasteiger partial charge in [0.2, 0.25) is 11.8 Å². The molecule has 1 aliphatic heterocycles. The molecule has 0 spiro atoms. The number of hydrogen-bond acceptors (Lipinski definition) is 5. The molecule has 1 aromatic heterocycles. The maximum atomic E-state index is 12.7. The number of halogens is 3. The molecule has 2 aromatic carbocycles. The molecule has 1 amide bonds. The summed E-state index contributed by atoms with van der Waals surface area (Å²) in [7, 11) is 0. The highest BCUT2D eigenvalue weighted by Gasteiger charge is 2.31. The summed E-state index contributed by atoms with van der Waals surface area (Å²) in [6, 6.07) is 12.0. The summed E-state index contributed by atoms with van der Waals surface area (Å²) in [6.45, 7) is 2.96. The second-order valence-corrected chi connectivity index (χ2v) is 7.80. The van der Waals surface area contributed by atoms with Crippen LogP contribution in [0.2, 0.25) is 0 Å². The predicted octanol–water partition coefficient (Wildman–Crippen LogP) is 4.85. The lowest BCUT2D eigenvalue weighted by molar-refractivity contribution is -0.137. The first-order valence-corrected chi connectivity index (χ1v) is 10.3. The van der Waals surface area contributed by atoms with Crippen LogP contribution in [0.3, 0.4) is 0 Å². The number of rotatable bonds is 5. The fourth-order valence-corrected chi connectivity index (χ4v) is 3.59. The average molecular weight is 445 g/mol.